The van der Waals surface area contributed by atoms with Crippen LogP contribution < -0.4 is 4.74 Å². The first-order valence-corrected chi connectivity index (χ1v) is 8.76. The predicted molar refractivity (Wildman–Crippen MR) is 92.4 cm³/mol. The van der Waals surface area contributed by atoms with Gasteiger partial charge in [-0.2, -0.15) is 0 Å². The average molecular weight is 395 g/mol. The van der Waals surface area contributed by atoms with Crippen molar-refractivity contribution in [2.45, 2.75) is 37.6 Å². The van der Waals surface area contributed by atoms with Crippen molar-refractivity contribution in [3.63, 3.8) is 0 Å². The number of hydrogen-bond acceptors (Lipinski definition) is 10. The summed E-state index contributed by atoms with van der Waals surface area (Å²) in [5.74, 6) is -1.34. The Hall–Kier alpha value is -2.44. The van der Waals surface area contributed by atoms with E-state index >= 15 is 0 Å². The Balaban J connectivity index is 1.85. The Morgan fingerprint density at radius 2 is 2.00 bits per heavy atom. The Morgan fingerprint density at radius 1 is 1.22 bits per heavy atom. The third kappa shape index (κ3) is 4.28. The number of aromatic nitrogens is 1. The van der Waals surface area contributed by atoms with Gasteiger partial charge in [-0.15, -0.1) is 21.6 Å². The zero-order chi connectivity index (χ0) is 19.6. The maximum Gasteiger partial charge on any atom is 0.335 e. The van der Waals surface area contributed by atoms with Crippen LogP contribution in [0.2, 0.25) is 0 Å². The first-order chi connectivity index (χ1) is 12.9. The molecule has 1 fully saturated rings. The minimum absolute atomic E-state index is 0.151. The fourth-order valence-corrected chi connectivity index (χ4v) is 2.89. The highest BCUT2D eigenvalue weighted by molar-refractivity contribution is 7.13. The van der Waals surface area contributed by atoms with Crippen LogP contribution >= 0.6 is 11.3 Å². The molecule has 0 amide bonds. The van der Waals surface area contributed by atoms with Gasteiger partial charge in [0.1, 0.15) is 24.0 Å². The lowest BCUT2D eigenvalue weighted by molar-refractivity contribution is -0.271. The SMILES string of the molecule is Cc1ccc(O[C@@H]2O[C@H](C(=O)O)[C@@H](O)[C@H](O)[C@H]2O)c(N=Nc2nccs2)c1. The molecule has 10 nitrogen and oxygen atoms in total. The van der Waals surface area contributed by atoms with Gasteiger partial charge in [0, 0.05) is 11.6 Å². The van der Waals surface area contributed by atoms with Gasteiger partial charge >= 0.3 is 5.97 Å². The maximum absolute atomic E-state index is 11.2. The van der Waals surface area contributed by atoms with Gasteiger partial charge in [0.15, 0.2) is 11.9 Å². The van der Waals surface area contributed by atoms with Crippen molar-refractivity contribution in [3.05, 3.63) is 35.3 Å². The van der Waals surface area contributed by atoms with Gasteiger partial charge < -0.3 is 29.9 Å². The summed E-state index contributed by atoms with van der Waals surface area (Å²) >= 11 is 1.29. The van der Waals surface area contributed by atoms with Crippen molar-refractivity contribution < 1.29 is 34.7 Å². The molecule has 0 bridgehead atoms. The molecule has 144 valence electrons. The fourth-order valence-electron chi connectivity index (χ4n) is 2.44. The number of aliphatic carboxylic acids is 1. The van der Waals surface area contributed by atoms with E-state index in [2.05, 4.69) is 15.2 Å². The lowest BCUT2D eigenvalue weighted by Crippen LogP contribution is -2.61. The highest BCUT2D eigenvalue weighted by Crippen LogP contribution is 2.33. The molecule has 2 heterocycles. The molecule has 1 saturated heterocycles. The number of ether oxygens (including phenoxy) is 2. The molecule has 3 rings (SSSR count). The second-order valence-corrected chi connectivity index (χ2v) is 6.71. The number of carboxylic acids is 1. The van der Waals surface area contributed by atoms with Gasteiger partial charge in [0.2, 0.25) is 11.4 Å². The molecule has 5 atom stereocenters. The van der Waals surface area contributed by atoms with Crippen LogP contribution in [0.25, 0.3) is 0 Å². The zero-order valence-electron chi connectivity index (χ0n) is 14.0. The summed E-state index contributed by atoms with van der Waals surface area (Å²) in [7, 11) is 0. The Kier molecular flexibility index (Phi) is 5.77. The third-order valence-corrected chi connectivity index (χ3v) is 4.49. The quantitative estimate of drug-likeness (QED) is 0.550. The molecule has 0 unspecified atom stereocenters. The molecule has 0 radical (unpaired) electrons. The molecule has 0 saturated carbocycles. The maximum atomic E-state index is 11.2. The average Bonchev–Trinajstić information content (AvgIpc) is 3.15. The van der Waals surface area contributed by atoms with E-state index in [1.165, 1.54) is 11.3 Å². The van der Waals surface area contributed by atoms with Crippen LogP contribution in [0, 0.1) is 6.92 Å². The molecule has 11 heteroatoms. The molecule has 0 spiro atoms. The molecule has 0 aliphatic carbocycles. The molecule has 1 aliphatic heterocycles. The highest BCUT2D eigenvalue weighted by Gasteiger charge is 2.48. The number of thiazole rings is 1. The van der Waals surface area contributed by atoms with E-state index in [1.807, 2.05) is 6.92 Å². The van der Waals surface area contributed by atoms with Crippen molar-refractivity contribution in [3.8, 4) is 5.75 Å². The van der Waals surface area contributed by atoms with Crippen molar-refractivity contribution in [1.82, 2.24) is 4.98 Å². The predicted octanol–water partition coefficient (Wildman–Crippen LogP) is 1.14. The molecular weight excluding hydrogens is 378 g/mol. The number of aryl methyl sites for hydroxylation is 1. The normalized spacial score (nSPS) is 28.4. The van der Waals surface area contributed by atoms with Gasteiger partial charge in [-0.05, 0) is 24.6 Å². The van der Waals surface area contributed by atoms with Crippen LogP contribution in [0.5, 0.6) is 5.75 Å². The first-order valence-electron chi connectivity index (χ1n) is 7.88. The minimum Gasteiger partial charge on any atom is -0.479 e. The molecule has 4 N–H and O–H groups in total. The summed E-state index contributed by atoms with van der Waals surface area (Å²) in [6.45, 7) is 1.83. The van der Waals surface area contributed by atoms with Gasteiger partial charge in [0.25, 0.3) is 0 Å². The monoisotopic (exact) mass is 395 g/mol. The van der Waals surface area contributed by atoms with Crippen molar-refractivity contribution in [2.75, 3.05) is 0 Å². The summed E-state index contributed by atoms with van der Waals surface area (Å²) < 4.78 is 10.7. The number of carboxylic acid groups (broad SMARTS) is 1. The van der Waals surface area contributed by atoms with Crippen molar-refractivity contribution in [1.29, 1.82) is 0 Å². The summed E-state index contributed by atoms with van der Waals surface area (Å²) in [4.78, 5) is 15.2. The molecule has 1 aliphatic rings. The Labute approximate surface area is 157 Å². The Morgan fingerprint density at radius 3 is 2.67 bits per heavy atom. The van der Waals surface area contributed by atoms with Gasteiger partial charge in [-0.25, -0.2) is 9.78 Å². The van der Waals surface area contributed by atoms with E-state index in [0.29, 0.717) is 10.8 Å². The number of hydrogen-bond donors (Lipinski definition) is 4. The molecule has 1 aromatic carbocycles. The molecular formula is C16H17N3O7S. The van der Waals surface area contributed by atoms with Gasteiger partial charge in [0.05, 0.1) is 0 Å². The summed E-state index contributed by atoms with van der Waals surface area (Å²) in [5.41, 5.74) is 1.16. The molecule has 1 aromatic heterocycles. The van der Waals surface area contributed by atoms with Crippen LogP contribution in [0.1, 0.15) is 5.56 Å². The number of aliphatic hydroxyl groups is 3. The number of rotatable bonds is 5. The van der Waals surface area contributed by atoms with E-state index in [0.717, 1.165) is 5.56 Å². The topological polar surface area (TPSA) is 154 Å². The highest BCUT2D eigenvalue weighted by atomic mass is 32.1. The third-order valence-electron chi connectivity index (χ3n) is 3.83. The van der Waals surface area contributed by atoms with Crippen LogP contribution in [0.3, 0.4) is 0 Å². The van der Waals surface area contributed by atoms with E-state index in [-0.39, 0.29) is 5.75 Å². The van der Waals surface area contributed by atoms with E-state index in [4.69, 9.17) is 14.6 Å². The number of nitrogens with zero attached hydrogens (tertiary/aromatic N) is 3. The lowest BCUT2D eigenvalue weighted by atomic mass is 9.99. The minimum atomic E-state index is -1.79. The number of aliphatic hydroxyl groups excluding tert-OH is 3. The largest absolute Gasteiger partial charge is 0.479 e. The van der Waals surface area contributed by atoms with Gasteiger partial charge in [-0.3, -0.25) is 0 Å². The zero-order valence-corrected chi connectivity index (χ0v) is 14.9. The van der Waals surface area contributed by atoms with Crippen molar-refractivity contribution >= 4 is 28.1 Å². The van der Waals surface area contributed by atoms with Crippen LogP contribution in [-0.2, 0) is 9.53 Å². The van der Waals surface area contributed by atoms with Crippen LogP contribution in [0.4, 0.5) is 10.8 Å². The number of azo groups is 1. The van der Waals surface area contributed by atoms with Crippen molar-refractivity contribution in [2.24, 2.45) is 10.2 Å². The summed E-state index contributed by atoms with van der Waals surface area (Å²) in [5, 5.41) is 49.0. The number of carbonyl (C=O) groups is 1. The van der Waals surface area contributed by atoms with Crippen LogP contribution in [0.15, 0.2) is 40.0 Å². The smallest absolute Gasteiger partial charge is 0.335 e. The number of benzene rings is 1. The Bertz CT molecular complexity index is 829. The van der Waals surface area contributed by atoms with Gasteiger partial charge in [-0.1, -0.05) is 6.07 Å². The first kappa shape index (κ1) is 19.3. The molecule has 2 aromatic rings. The second kappa shape index (κ2) is 8.06. The summed E-state index contributed by atoms with van der Waals surface area (Å²) in [6, 6.07) is 4.93. The standard InChI is InChI=1S/C16H17N3O7S/c1-7-2-3-9(8(6-7)18-19-16-17-4-5-27-16)25-15-12(22)10(20)11(21)13(26-15)14(23)24/h2-6,10-13,15,20-22H,1H3,(H,23,24)/t10-,11-,12+,13-,15+/m0/s1. The van der Waals surface area contributed by atoms with E-state index < -0.39 is 36.7 Å². The fraction of sp³-hybridized carbons (Fsp3) is 0.375. The summed E-state index contributed by atoms with van der Waals surface area (Å²) in [6.07, 6.45) is -6.91. The van der Waals surface area contributed by atoms with E-state index in [1.54, 1.807) is 29.8 Å². The van der Waals surface area contributed by atoms with E-state index in [9.17, 15) is 20.1 Å². The molecule has 27 heavy (non-hydrogen) atoms. The van der Waals surface area contributed by atoms with Crippen LogP contribution in [-0.4, -0.2) is 62.1 Å². The lowest BCUT2D eigenvalue weighted by Gasteiger charge is -2.38. The second-order valence-electron chi connectivity index (χ2n) is 5.84.